The first-order chi connectivity index (χ1) is 9.18. The number of aromatic nitrogens is 1. The summed E-state index contributed by atoms with van der Waals surface area (Å²) in [6.07, 6.45) is 3.17. The minimum Gasteiger partial charge on any atom is -0.270 e. The maximum atomic E-state index is 13.6. The molecular formula is C14H9FN2O2. The van der Waals surface area contributed by atoms with E-state index in [1.165, 1.54) is 18.2 Å². The third-order valence-electron chi connectivity index (χ3n) is 3.01. The van der Waals surface area contributed by atoms with Crippen LogP contribution >= 0.6 is 0 Å². The summed E-state index contributed by atoms with van der Waals surface area (Å²) in [5.41, 5.74) is 0.697. The van der Waals surface area contributed by atoms with Crippen LogP contribution in [0.4, 0.5) is 4.39 Å². The van der Waals surface area contributed by atoms with Crippen molar-refractivity contribution in [3.8, 4) is 0 Å². The van der Waals surface area contributed by atoms with Gasteiger partial charge < -0.3 is 0 Å². The van der Waals surface area contributed by atoms with Crippen molar-refractivity contribution in [3.63, 3.8) is 0 Å². The molecule has 2 aromatic rings. The van der Waals surface area contributed by atoms with Crippen LogP contribution in [0.25, 0.3) is 0 Å². The molecule has 2 amide bonds. The highest BCUT2D eigenvalue weighted by molar-refractivity contribution is 6.21. The fourth-order valence-electron chi connectivity index (χ4n) is 2.11. The van der Waals surface area contributed by atoms with Gasteiger partial charge in [-0.05, 0) is 23.8 Å². The minimum atomic E-state index is -0.662. The first-order valence-electron chi connectivity index (χ1n) is 5.72. The Morgan fingerprint density at radius 1 is 1.11 bits per heavy atom. The van der Waals surface area contributed by atoms with Gasteiger partial charge in [0.25, 0.3) is 11.8 Å². The zero-order valence-corrected chi connectivity index (χ0v) is 9.84. The summed E-state index contributed by atoms with van der Waals surface area (Å²) in [4.78, 5) is 29.1. The molecule has 5 heteroatoms. The van der Waals surface area contributed by atoms with Crippen LogP contribution in [0.2, 0.25) is 0 Å². The average molecular weight is 256 g/mol. The highest BCUT2D eigenvalue weighted by atomic mass is 19.1. The van der Waals surface area contributed by atoms with Crippen molar-refractivity contribution in [2.24, 2.45) is 0 Å². The molecule has 0 saturated carbocycles. The second-order valence-electron chi connectivity index (χ2n) is 4.22. The fourth-order valence-corrected chi connectivity index (χ4v) is 2.11. The van der Waals surface area contributed by atoms with E-state index in [0.717, 1.165) is 10.5 Å². The molecule has 0 saturated heterocycles. The number of amides is 2. The van der Waals surface area contributed by atoms with E-state index in [1.807, 2.05) is 0 Å². The zero-order chi connectivity index (χ0) is 13.4. The van der Waals surface area contributed by atoms with E-state index in [1.54, 1.807) is 24.5 Å². The molecule has 0 N–H and O–H groups in total. The highest BCUT2D eigenvalue weighted by Crippen LogP contribution is 2.26. The summed E-state index contributed by atoms with van der Waals surface area (Å²) < 4.78 is 13.6. The van der Waals surface area contributed by atoms with E-state index in [9.17, 15) is 14.0 Å². The largest absolute Gasteiger partial charge is 0.270 e. The maximum Gasteiger partial charge on any atom is 0.264 e. The SMILES string of the molecule is O=C1c2cccc(F)c2C(=O)N1Cc1cccnc1. The van der Waals surface area contributed by atoms with E-state index in [0.29, 0.717) is 0 Å². The topological polar surface area (TPSA) is 50.3 Å². The van der Waals surface area contributed by atoms with Gasteiger partial charge >= 0.3 is 0 Å². The Morgan fingerprint density at radius 2 is 1.95 bits per heavy atom. The Hall–Kier alpha value is -2.56. The molecule has 94 valence electrons. The standard InChI is InChI=1S/C14H9FN2O2/c15-11-5-1-4-10-12(11)14(19)17(13(10)18)8-9-3-2-6-16-7-9/h1-7H,8H2. The summed E-state index contributed by atoms with van der Waals surface area (Å²) in [6, 6.07) is 7.54. The van der Waals surface area contributed by atoms with Crippen molar-refractivity contribution in [1.82, 2.24) is 9.88 Å². The number of pyridine rings is 1. The van der Waals surface area contributed by atoms with Crippen LogP contribution in [-0.4, -0.2) is 21.7 Å². The average Bonchev–Trinajstić information content (AvgIpc) is 2.66. The molecule has 0 aliphatic carbocycles. The molecule has 2 heterocycles. The molecule has 1 aromatic carbocycles. The molecule has 0 atom stereocenters. The fraction of sp³-hybridized carbons (Fsp3) is 0.0714. The molecule has 1 aliphatic heterocycles. The Balaban J connectivity index is 1.97. The van der Waals surface area contributed by atoms with Crippen LogP contribution < -0.4 is 0 Å². The van der Waals surface area contributed by atoms with Gasteiger partial charge in [-0.25, -0.2) is 4.39 Å². The summed E-state index contributed by atoms with van der Waals surface area (Å²) in [5, 5.41) is 0. The predicted octanol–water partition coefficient (Wildman–Crippen LogP) is 2.02. The Labute approximate surface area is 108 Å². The number of fused-ring (bicyclic) bond motifs is 1. The van der Waals surface area contributed by atoms with Crippen molar-refractivity contribution in [2.45, 2.75) is 6.54 Å². The maximum absolute atomic E-state index is 13.6. The number of hydrogen-bond donors (Lipinski definition) is 0. The molecule has 0 bridgehead atoms. The second-order valence-corrected chi connectivity index (χ2v) is 4.22. The summed E-state index contributed by atoms with van der Waals surface area (Å²) in [7, 11) is 0. The predicted molar refractivity (Wildman–Crippen MR) is 64.8 cm³/mol. The van der Waals surface area contributed by atoms with Gasteiger partial charge in [-0.1, -0.05) is 12.1 Å². The van der Waals surface area contributed by atoms with Gasteiger partial charge in [0.05, 0.1) is 17.7 Å². The van der Waals surface area contributed by atoms with E-state index >= 15 is 0 Å². The van der Waals surface area contributed by atoms with Crippen molar-refractivity contribution >= 4 is 11.8 Å². The lowest BCUT2D eigenvalue weighted by atomic mass is 10.1. The molecule has 19 heavy (non-hydrogen) atoms. The minimum absolute atomic E-state index is 0.0969. The molecule has 0 radical (unpaired) electrons. The second kappa shape index (κ2) is 4.28. The van der Waals surface area contributed by atoms with E-state index in [4.69, 9.17) is 0 Å². The van der Waals surface area contributed by atoms with Gasteiger partial charge in [0, 0.05) is 12.4 Å². The molecule has 0 spiro atoms. The van der Waals surface area contributed by atoms with Crippen molar-refractivity contribution in [3.05, 3.63) is 65.2 Å². The van der Waals surface area contributed by atoms with Gasteiger partial charge in [-0.3, -0.25) is 19.5 Å². The highest BCUT2D eigenvalue weighted by Gasteiger charge is 2.37. The third-order valence-corrected chi connectivity index (χ3v) is 3.01. The van der Waals surface area contributed by atoms with Gasteiger partial charge in [0.2, 0.25) is 0 Å². The van der Waals surface area contributed by atoms with Crippen LogP contribution in [0.3, 0.4) is 0 Å². The van der Waals surface area contributed by atoms with Gasteiger partial charge in [-0.2, -0.15) is 0 Å². The van der Waals surface area contributed by atoms with Crippen molar-refractivity contribution in [1.29, 1.82) is 0 Å². The van der Waals surface area contributed by atoms with E-state index in [2.05, 4.69) is 4.98 Å². The molecule has 1 aliphatic rings. The molecule has 3 rings (SSSR count). The molecule has 0 unspecified atom stereocenters. The number of hydrogen-bond acceptors (Lipinski definition) is 3. The summed E-state index contributed by atoms with van der Waals surface area (Å²) >= 11 is 0. The molecule has 1 aromatic heterocycles. The first-order valence-corrected chi connectivity index (χ1v) is 5.72. The molecule has 4 nitrogen and oxygen atoms in total. The normalized spacial score (nSPS) is 13.8. The van der Waals surface area contributed by atoms with Gasteiger partial charge in [0.15, 0.2) is 0 Å². The van der Waals surface area contributed by atoms with Crippen LogP contribution in [0.15, 0.2) is 42.7 Å². The lowest BCUT2D eigenvalue weighted by Crippen LogP contribution is -2.29. The number of rotatable bonds is 2. The summed E-state index contributed by atoms with van der Waals surface area (Å²) in [6.45, 7) is 0.0969. The molecule has 0 fully saturated rings. The monoisotopic (exact) mass is 256 g/mol. The third kappa shape index (κ3) is 1.79. The molecular weight excluding hydrogens is 247 g/mol. The van der Waals surface area contributed by atoms with Crippen LogP contribution in [0.5, 0.6) is 0 Å². The number of imide groups is 1. The first kappa shape index (κ1) is 11.5. The number of nitrogens with zero attached hydrogens (tertiary/aromatic N) is 2. The number of benzene rings is 1. The summed E-state index contributed by atoms with van der Waals surface area (Å²) in [5.74, 6) is -1.73. The quantitative estimate of drug-likeness (QED) is 0.772. The van der Waals surface area contributed by atoms with Crippen LogP contribution in [-0.2, 0) is 6.54 Å². The number of carbonyl (C=O) groups is 2. The lowest BCUT2D eigenvalue weighted by Gasteiger charge is -2.13. The Morgan fingerprint density at radius 3 is 2.63 bits per heavy atom. The Kier molecular flexibility index (Phi) is 2.59. The lowest BCUT2D eigenvalue weighted by molar-refractivity contribution is 0.0641. The smallest absolute Gasteiger partial charge is 0.264 e. The zero-order valence-electron chi connectivity index (χ0n) is 9.84. The number of carbonyl (C=O) groups excluding carboxylic acids is 2. The van der Waals surface area contributed by atoms with Crippen LogP contribution in [0, 0.1) is 5.82 Å². The van der Waals surface area contributed by atoms with Crippen molar-refractivity contribution in [2.75, 3.05) is 0 Å². The van der Waals surface area contributed by atoms with Gasteiger partial charge in [0.1, 0.15) is 5.82 Å². The number of halogens is 1. The van der Waals surface area contributed by atoms with Crippen LogP contribution in [0.1, 0.15) is 26.3 Å². The van der Waals surface area contributed by atoms with Crippen molar-refractivity contribution < 1.29 is 14.0 Å². The van der Waals surface area contributed by atoms with Gasteiger partial charge in [-0.15, -0.1) is 0 Å². The Bertz CT molecular complexity index is 670. The van der Waals surface area contributed by atoms with E-state index in [-0.39, 0.29) is 17.7 Å². The van der Waals surface area contributed by atoms with E-state index < -0.39 is 17.6 Å².